The first-order valence-electron chi connectivity index (χ1n) is 12.6. The molecule has 2 aliphatic rings. The summed E-state index contributed by atoms with van der Waals surface area (Å²) in [6.45, 7) is 11.8. The van der Waals surface area contributed by atoms with E-state index in [1.807, 2.05) is 0 Å². The Bertz CT molecular complexity index is 947. The molecule has 3 heteroatoms. The molecule has 2 aromatic carbocycles. The quantitative estimate of drug-likeness (QED) is 0.416. The second-order valence-corrected chi connectivity index (χ2v) is 10.1. The molecule has 3 nitrogen and oxygen atoms in total. The third-order valence-electron chi connectivity index (χ3n) is 7.79. The number of benzene rings is 2. The Hall–Kier alpha value is -1.97. The van der Waals surface area contributed by atoms with E-state index in [4.69, 9.17) is 4.74 Å². The fourth-order valence-electron chi connectivity index (χ4n) is 5.95. The zero-order chi connectivity index (χ0) is 22.8. The van der Waals surface area contributed by atoms with E-state index in [0.29, 0.717) is 13.2 Å². The van der Waals surface area contributed by atoms with Crippen LogP contribution in [0.2, 0.25) is 0 Å². The number of ketones is 1. The molecule has 172 valence electrons. The predicted molar refractivity (Wildman–Crippen MR) is 133 cm³/mol. The Morgan fingerprint density at radius 1 is 0.938 bits per heavy atom. The molecule has 0 aromatic heterocycles. The molecule has 0 unspecified atom stereocenters. The first-order valence-corrected chi connectivity index (χ1v) is 12.6. The maximum atomic E-state index is 14.2. The largest absolute Gasteiger partial charge is 0.379 e. The minimum Gasteiger partial charge on any atom is -0.379 e. The predicted octanol–water partition coefficient (Wildman–Crippen LogP) is 6.63. The molecule has 1 heterocycles. The summed E-state index contributed by atoms with van der Waals surface area (Å²) in [5.74, 6) is 0.251. The van der Waals surface area contributed by atoms with Crippen molar-refractivity contribution in [1.29, 1.82) is 0 Å². The Morgan fingerprint density at radius 3 is 2.22 bits per heavy atom. The first-order chi connectivity index (χ1) is 15.5. The van der Waals surface area contributed by atoms with E-state index in [1.165, 1.54) is 47.9 Å². The Kier molecular flexibility index (Phi) is 6.88. The van der Waals surface area contributed by atoms with Gasteiger partial charge in [0, 0.05) is 24.1 Å². The summed E-state index contributed by atoms with van der Waals surface area (Å²) in [6, 6.07) is 15.3. The Balaban J connectivity index is 1.87. The lowest BCUT2D eigenvalue weighted by Crippen LogP contribution is -2.54. The molecule has 0 radical (unpaired) electrons. The van der Waals surface area contributed by atoms with Crippen LogP contribution >= 0.6 is 0 Å². The number of unbranched alkanes of at least 4 members (excludes halogenated alkanes) is 2. The van der Waals surface area contributed by atoms with Gasteiger partial charge >= 0.3 is 0 Å². The van der Waals surface area contributed by atoms with E-state index >= 15 is 0 Å². The molecule has 1 saturated heterocycles. The molecular weight excluding hydrogens is 394 g/mol. The molecular formula is C29H39NO2. The molecule has 1 aliphatic carbocycles. The minimum atomic E-state index is -0.547. The van der Waals surface area contributed by atoms with E-state index in [0.717, 1.165) is 31.5 Å². The highest BCUT2D eigenvalue weighted by Gasteiger charge is 2.46. The number of fused-ring (bicyclic) bond motifs is 3. The lowest BCUT2D eigenvalue weighted by Gasteiger charge is -2.41. The van der Waals surface area contributed by atoms with Gasteiger partial charge in [0.2, 0.25) is 0 Å². The summed E-state index contributed by atoms with van der Waals surface area (Å²) in [5.41, 5.74) is 5.66. The molecule has 0 saturated carbocycles. The summed E-state index contributed by atoms with van der Waals surface area (Å²) >= 11 is 0. The van der Waals surface area contributed by atoms with Crippen molar-refractivity contribution in [3.05, 3.63) is 59.2 Å². The lowest BCUT2D eigenvalue weighted by molar-refractivity contribution is -0.00436. The highest BCUT2D eigenvalue weighted by Crippen LogP contribution is 2.55. The van der Waals surface area contributed by atoms with Crippen molar-refractivity contribution < 1.29 is 9.53 Å². The molecule has 0 atom stereocenters. The van der Waals surface area contributed by atoms with Crippen LogP contribution < -0.4 is 0 Å². The second-order valence-electron chi connectivity index (χ2n) is 10.1. The van der Waals surface area contributed by atoms with Gasteiger partial charge in [0.25, 0.3) is 0 Å². The number of ether oxygens (including phenoxy) is 1. The van der Waals surface area contributed by atoms with Crippen molar-refractivity contribution in [3.63, 3.8) is 0 Å². The molecule has 2 aromatic rings. The summed E-state index contributed by atoms with van der Waals surface area (Å²) in [7, 11) is 0. The van der Waals surface area contributed by atoms with Crippen LogP contribution in [0.25, 0.3) is 11.1 Å². The third kappa shape index (κ3) is 3.84. The molecule has 0 N–H and O–H groups in total. The Morgan fingerprint density at radius 2 is 1.56 bits per heavy atom. The van der Waals surface area contributed by atoms with Gasteiger partial charge < -0.3 is 4.74 Å². The number of morpholine rings is 1. The van der Waals surface area contributed by atoms with Crippen LogP contribution in [0.1, 0.15) is 87.7 Å². The zero-order valence-electron chi connectivity index (χ0n) is 20.4. The number of hydrogen-bond acceptors (Lipinski definition) is 3. The van der Waals surface area contributed by atoms with E-state index in [1.54, 1.807) is 0 Å². The summed E-state index contributed by atoms with van der Waals surface area (Å²) < 4.78 is 5.57. The number of rotatable bonds is 9. The highest BCUT2D eigenvalue weighted by molar-refractivity contribution is 6.06. The lowest BCUT2D eigenvalue weighted by atomic mass is 9.68. The first kappa shape index (κ1) is 23.2. The van der Waals surface area contributed by atoms with Crippen LogP contribution in [0, 0.1) is 0 Å². The van der Waals surface area contributed by atoms with Gasteiger partial charge in [0.15, 0.2) is 5.78 Å². The molecule has 0 bridgehead atoms. The van der Waals surface area contributed by atoms with Crippen molar-refractivity contribution in [2.24, 2.45) is 0 Å². The zero-order valence-corrected chi connectivity index (χ0v) is 20.4. The number of carbonyl (C=O) groups is 1. The van der Waals surface area contributed by atoms with Gasteiger partial charge in [-0.05, 0) is 48.9 Å². The van der Waals surface area contributed by atoms with Gasteiger partial charge in [-0.3, -0.25) is 9.69 Å². The van der Waals surface area contributed by atoms with Gasteiger partial charge in [-0.1, -0.05) is 82.0 Å². The standard InChI is InChI=1S/C29H39NO2/c1-5-7-16-29(17-8-6-2)25-15-10-9-12-22(25)23-13-11-14-24(26(23)29)27(31)28(3,4)30-18-20-32-21-19-30/h9-15H,5-8,16-21H2,1-4H3. The Labute approximate surface area is 194 Å². The van der Waals surface area contributed by atoms with Crippen LogP contribution in [0.4, 0.5) is 0 Å². The van der Waals surface area contributed by atoms with Crippen molar-refractivity contribution in [2.45, 2.75) is 77.2 Å². The van der Waals surface area contributed by atoms with Crippen LogP contribution in [-0.4, -0.2) is 42.5 Å². The van der Waals surface area contributed by atoms with Gasteiger partial charge in [-0.25, -0.2) is 0 Å². The monoisotopic (exact) mass is 433 g/mol. The van der Waals surface area contributed by atoms with Gasteiger partial charge in [-0.2, -0.15) is 0 Å². The van der Waals surface area contributed by atoms with E-state index in [2.05, 4.69) is 75.1 Å². The van der Waals surface area contributed by atoms with Crippen LogP contribution in [0.3, 0.4) is 0 Å². The fourth-order valence-corrected chi connectivity index (χ4v) is 5.95. The van der Waals surface area contributed by atoms with Gasteiger partial charge in [0.05, 0.1) is 18.8 Å². The topological polar surface area (TPSA) is 29.5 Å². The second kappa shape index (κ2) is 9.49. The molecule has 0 spiro atoms. The fraction of sp³-hybridized carbons (Fsp3) is 0.552. The minimum absolute atomic E-state index is 0.0642. The van der Waals surface area contributed by atoms with E-state index in [-0.39, 0.29) is 11.2 Å². The summed E-state index contributed by atoms with van der Waals surface area (Å²) in [6.07, 6.45) is 6.90. The summed E-state index contributed by atoms with van der Waals surface area (Å²) in [4.78, 5) is 16.5. The average Bonchev–Trinajstić information content (AvgIpc) is 3.12. The van der Waals surface area contributed by atoms with Crippen LogP contribution in [-0.2, 0) is 10.2 Å². The van der Waals surface area contributed by atoms with Gasteiger partial charge in [0.1, 0.15) is 0 Å². The SMILES string of the molecule is CCCCC1(CCCC)c2ccccc2-c2cccc(C(=O)C(C)(C)N3CCOCC3)c21. The highest BCUT2D eigenvalue weighted by atomic mass is 16.5. The maximum Gasteiger partial charge on any atom is 0.182 e. The normalized spacial score (nSPS) is 17.8. The van der Waals surface area contributed by atoms with Crippen molar-refractivity contribution >= 4 is 5.78 Å². The molecule has 0 amide bonds. The van der Waals surface area contributed by atoms with Gasteiger partial charge in [-0.15, -0.1) is 0 Å². The van der Waals surface area contributed by atoms with E-state index in [9.17, 15) is 4.79 Å². The number of carbonyl (C=O) groups excluding carboxylic acids is 1. The van der Waals surface area contributed by atoms with Crippen LogP contribution in [0.5, 0.6) is 0 Å². The number of Topliss-reactive ketones (excluding diaryl/α,β-unsaturated/α-hetero) is 1. The molecule has 4 rings (SSSR count). The summed E-state index contributed by atoms with van der Waals surface area (Å²) in [5, 5.41) is 0. The number of hydrogen-bond donors (Lipinski definition) is 0. The smallest absolute Gasteiger partial charge is 0.182 e. The molecule has 1 aliphatic heterocycles. The molecule has 32 heavy (non-hydrogen) atoms. The number of nitrogens with zero attached hydrogens (tertiary/aromatic N) is 1. The molecule has 1 fully saturated rings. The van der Waals surface area contributed by atoms with Crippen molar-refractivity contribution in [2.75, 3.05) is 26.3 Å². The third-order valence-corrected chi connectivity index (χ3v) is 7.79. The van der Waals surface area contributed by atoms with Crippen molar-refractivity contribution in [3.8, 4) is 11.1 Å². The maximum absolute atomic E-state index is 14.2. The average molecular weight is 434 g/mol. The van der Waals surface area contributed by atoms with Crippen LogP contribution in [0.15, 0.2) is 42.5 Å². The van der Waals surface area contributed by atoms with E-state index < -0.39 is 5.54 Å². The van der Waals surface area contributed by atoms with Crippen molar-refractivity contribution in [1.82, 2.24) is 4.90 Å².